The number of hydrogen-bond donors (Lipinski definition) is 1. The second-order valence-corrected chi connectivity index (χ2v) is 6.50. The minimum absolute atomic E-state index is 0.00472. The van der Waals surface area contributed by atoms with Gasteiger partial charge >= 0.3 is 0 Å². The smallest absolute Gasteiger partial charge is 0.291 e. The molecule has 0 aliphatic rings. The molecule has 3 heterocycles. The molecular formula is C16H19N5OS. The van der Waals surface area contributed by atoms with Crippen molar-refractivity contribution in [2.24, 2.45) is 0 Å². The number of hydrogen-bond acceptors (Lipinski definition) is 5. The number of carbonyl (C=O) groups excluding carboxylic acids is 1. The zero-order valence-electron chi connectivity index (χ0n) is 13.4. The van der Waals surface area contributed by atoms with Crippen molar-refractivity contribution in [1.82, 2.24) is 24.9 Å². The summed E-state index contributed by atoms with van der Waals surface area (Å²) in [5.74, 6) is 0.346. The molecule has 0 aliphatic carbocycles. The predicted molar refractivity (Wildman–Crippen MR) is 89.7 cm³/mol. The number of amides is 1. The summed E-state index contributed by atoms with van der Waals surface area (Å²) < 4.78 is 1.60. The van der Waals surface area contributed by atoms with Gasteiger partial charge in [-0.2, -0.15) is 4.98 Å². The molecule has 3 aromatic heterocycles. The third kappa shape index (κ3) is 3.24. The molecule has 1 atom stereocenters. The number of nitrogens with zero attached hydrogens (tertiary/aromatic N) is 4. The van der Waals surface area contributed by atoms with Crippen LogP contribution in [-0.2, 0) is 0 Å². The average molecular weight is 329 g/mol. The van der Waals surface area contributed by atoms with Gasteiger partial charge in [0.15, 0.2) is 0 Å². The standard InChI is InChI=1S/C16H19N5OS/c1-4-6-12(13-7-5-8-23-13)18-15(22)14-19-16-17-10(2)9-11(3)21(16)20-14/h5,7-9,12H,4,6H2,1-3H3,(H,18,22). The molecule has 0 spiro atoms. The zero-order chi connectivity index (χ0) is 16.4. The molecule has 1 unspecified atom stereocenters. The second kappa shape index (κ2) is 6.45. The van der Waals surface area contributed by atoms with Crippen LogP contribution in [0.2, 0.25) is 0 Å². The average Bonchev–Trinajstić information content (AvgIpc) is 3.15. The molecule has 0 bridgehead atoms. The van der Waals surface area contributed by atoms with Gasteiger partial charge in [-0.3, -0.25) is 4.79 Å². The highest BCUT2D eigenvalue weighted by molar-refractivity contribution is 7.10. The molecule has 7 heteroatoms. The van der Waals surface area contributed by atoms with Crippen LogP contribution in [0.25, 0.3) is 5.78 Å². The molecule has 1 amide bonds. The molecule has 0 fully saturated rings. The van der Waals surface area contributed by atoms with E-state index in [1.165, 1.54) is 0 Å². The Morgan fingerprint density at radius 3 is 2.91 bits per heavy atom. The fourth-order valence-electron chi connectivity index (χ4n) is 2.55. The molecule has 3 rings (SSSR count). The summed E-state index contributed by atoms with van der Waals surface area (Å²) in [5.41, 5.74) is 1.76. The summed E-state index contributed by atoms with van der Waals surface area (Å²) >= 11 is 1.64. The van der Waals surface area contributed by atoms with E-state index in [-0.39, 0.29) is 17.8 Å². The van der Waals surface area contributed by atoms with Crippen molar-refractivity contribution >= 4 is 23.0 Å². The highest BCUT2D eigenvalue weighted by Gasteiger charge is 2.20. The molecule has 0 aliphatic heterocycles. The van der Waals surface area contributed by atoms with Crippen LogP contribution in [0.15, 0.2) is 23.6 Å². The Kier molecular flexibility index (Phi) is 4.38. The lowest BCUT2D eigenvalue weighted by Crippen LogP contribution is -2.29. The Bertz CT molecular complexity index is 824. The molecule has 1 N–H and O–H groups in total. The van der Waals surface area contributed by atoms with Gasteiger partial charge in [-0.05, 0) is 37.8 Å². The minimum Gasteiger partial charge on any atom is -0.342 e. The first-order valence-electron chi connectivity index (χ1n) is 7.63. The van der Waals surface area contributed by atoms with Gasteiger partial charge in [-0.1, -0.05) is 19.4 Å². The van der Waals surface area contributed by atoms with E-state index < -0.39 is 0 Å². The molecule has 0 aromatic carbocycles. The van der Waals surface area contributed by atoms with Gasteiger partial charge in [0.05, 0.1) is 6.04 Å². The Morgan fingerprint density at radius 1 is 1.39 bits per heavy atom. The van der Waals surface area contributed by atoms with Crippen LogP contribution in [0.3, 0.4) is 0 Å². The lowest BCUT2D eigenvalue weighted by molar-refractivity contribution is 0.0925. The van der Waals surface area contributed by atoms with Gasteiger partial charge in [-0.25, -0.2) is 9.50 Å². The highest BCUT2D eigenvalue weighted by Crippen LogP contribution is 2.23. The molecular weight excluding hydrogens is 310 g/mol. The Hall–Kier alpha value is -2.28. The molecule has 0 saturated heterocycles. The molecule has 0 saturated carbocycles. The molecule has 23 heavy (non-hydrogen) atoms. The van der Waals surface area contributed by atoms with Crippen molar-refractivity contribution in [2.75, 3.05) is 0 Å². The van der Waals surface area contributed by atoms with Crippen LogP contribution in [0.5, 0.6) is 0 Å². The van der Waals surface area contributed by atoms with Gasteiger partial charge in [0.1, 0.15) is 0 Å². The van der Waals surface area contributed by atoms with Crippen molar-refractivity contribution in [3.8, 4) is 0 Å². The Balaban J connectivity index is 1.86. The first-order chi connectivity index (χ1) is 11.1. The van der Waals surface area contributed by atoms with E-state index in [9.17, 15) is 4.79 Å². The topological polar surface area (TPSA) is 72.2 Å². The van der Waals surface area contributed by atoms with E-state index in [0.717, 1.165) is 29.1 Å². The molecule has 3 aromatic rings. The van der Waals surface area contributed by atoms with E-state index in [4.69, 9.17) is 0 Å². The number of aromatic nitrogens is 4. The lowest BCUT2D eigenvalue weighted by Gasteiger charge is -2.15. The van der Waals surface area contributed by atoms with Gasteiger partial charge in [-0.15, -0.1) is 16.4 Å². The predicted octanol–water partition coefficient (Wildman–Crippen LogP) is 3.07. The minimum atomic E-state index is -0.264. The van der Waals surface area contributed by atoms with Crippen LogP contribution in [0.4, 0.5) is 0 Å². The summed E-state index contributed by atoms with van der Waals surface area (Å²) in [6.45, 7) is 5.92. The first-order valence-corrected chi connectivity index (χ1v) is 8.51. The van der Waals surface area contributed by atoms with E-state index in [2.05, 4.69) is 27.3 Å². The van der Waals surface area contributed by atoms with E-state index in [1.807, 2.05) is 37.4 Å². The van der Waals surface area contributed by atoms with Gasteiger partial charge < -0.3 is 5.32 Å². The van der Waals surface area contributed by atoms with Crippen LogP contribution in [0.1, 0.15) is 52.7 Å². The molecule has 120 valence electrons. The second-order valence-electron chi connectivity index (χ2n) is 5.52. The van der Waals surface area contributed by atoms with Gasteiger partial charge in [0.2, 0.25) is 5.82 Å². The maximum Gasteiger partial charge on any atom is 0.291 e. The lowest BCUT2D eigenvalue weighted by atomic mass is 10.1. The van der Waals surface area contributed by atoms with Crippen LogP contribution < -0.4 is 5.32 Å². The first kappa shape index (κ1) is 15.6. The number of carbonyl (C=O) groups is 1. The van der Waals surface area contributed by atoms with E-state index in [0.29, 0.717) is 5.78 Å². The van der Waals surface area contributed by atoms with Crippen LogP contribution >= 0.6 is 11.3 Å². The van der Waals surface area contributed by atoms with Crippen molar-refractivity contribution in [3.05, 3.63) is 45.7 Å². The Morgan fingerprint density at radius 2 is 2.22 bits per heavy atom. The molecule has 0 radical (unpaired) electrons. The fraction of sp³-hybridized carbons (Fsp3) is 0.375. The monoisotopic (exact) mass is 329 g/mol. The zero-order valence-corrected chi connectivity index (χ0v) is 14.2. The van der Waals surface area contributed by atoms with Crippen molar-refractivity contribution in [2.45, 2.75) is 39.7 Å². The number of aryl methyl sites for hydroxylation is 2. The fourth-order valence-corrected chi connectivity index (χ4v) is 3.36. The summed E-state index contributed by atoms with van der Waals surface area (Å²) in [5, 5.41) is 9.34. The molecule has 6 nitrogen and oxygen atoms in total. The van der Waals surface area contributed by atoms with Crippen molar-refractivity contribution in [1.29, 1.82) is 0 Å². The largest absolute Gasteiger partial charge is 0.342 e. The SMILES string of the molecule is CCCC(NC(=O)c1nc2nc(C)cc(C)n2n1)c1cccs1. The maximum atomic E-state index is 12.5. The summed E-state index contributed by atoms with van der Waals surface area (Å²) in [4.78, 5) is 22.2. The van der Waals surface area contributed by atoms with Crippen molar-refractivity contribution in [3.63, 3.8) is 0 Å². The summed E-state index contributed by atoms with van der Waals surface area (Å²) in [6.07, 6.45) is 1.87. The van der Waals surface area contributed by atoms with Gasteiger partial charge in [0, 0.05) is 16.3 Å². The third-order valence-corrected chi connectivity index (χ3v) is 4.58. The quantitative estimate of drug-likeness (QED) is 0.781. The summed E-state index contributed by atoms with van der Waals surface area (Å²) in [7, 11) is 0. The number of nitrogens with one attached hydrogen (secondary N) is 1. The van der Waals surface area contributed by atoms with Crippen LogP contribution in [0, 0.1) is 13.8 Å². The van der Waals surface area contributed by atoms with E-state index in [1.54, 1.807) is 15.9 Å². The summed E-state index contributed by atoms with van der Waals surface area (Å²) in [6, 6.07) is 5.94. The normalized spacial score (nSPS) is 12.5. The van der Waals surface area contributed by atoms with Crippen molar-refractivity contribution < 1.29 is 4.79 Å². The highest BCUT2D eigenvalue weighted by atomic mass is 32.1. The Labute approximate surface area is 138 Å². The van der Waals surface area contributed by atoms with Gasteiger partial charge in [0.25, 0.3) is 11.7 Å². The maximum absolute atomic E-state index is 12.5. The number of fused-ring (bicyclic) bond motifs is 1. The van der Waals surface area contributed by atoms with E-state index >= 15 is 0 Å². The third-order valence-electron chi connectivity index (χ3n) is 3.59. The van der Waals surface area contributed by atoms with Crippen LogP contribution in [-0.4, -0.2) is 25.5 Å². The number of rotatable bonds is 5. The number of thiophene rings is 1.